The van der Waals surface area contributed by atoms with Crippen molar-refractivity contribution in [1.29, 1.82) is 0 Å². The number of benzene rings is 2. The van der Waals surface area contributed by atoms with E-state index in [1.807, 2.05) is 0 Å². The normalized spacial score (nSPS) is 10.8. The van der Waals surface area contributed by atoms with E-state index >= 15 is 0 Å². The Bertz CT molecular complexity index is 640. The van der Waals surface area contributed by atoms with Crippen molar-refractivity contribution in [2.75, 3.05) is 6.61 Å². The van der Waals surface area contributed by atoms with E-state index in [-0.39, 0.29) is 11.6 Å². The predicted molar refractivity (Wildman–Crippen MR) is 99.9 cm³/mol. The molecule has 0 unspecified atom stereocenters. The van der Waals surface area contributed by atoms with Crippen LogP contribution >= 0.6 is 0 Å². The molecule has 0 atom stereocenters. The molecular weight excluding hydrogens is 318 g/mol. The summed E-state index contributed by atoms with van der Waals surface area (Å²) in [6.45, 7) is 2.76. The second kappa shape index (κ2) is 10.9. The number of hydrogen-bond donors (Lipinski definition) is 0. The smallest absolute Gasteiger partial charge is 0.165 e. The van der Waals surface area contributed by atoms with E-state index in [4.69, 9.17) is 4.74 Å². The first-order valence-electron chi connectivity index (χ1n) is 9.39. The van der Waals surface area contributed by atoms with Gasteiger partial charge in [-0.1, -0.05) is 70.1 Å². The summed E-state index contributed by atoms with van der Waals surface area (Å²) in [4.78, 5) is 0. The van der Waals surface area contributed by atoms with Crippen LogP contribution in [0.3, 0.4) is 0 Å². The molecule has 2 rings (SSSR count). The van der Waals surface area contributed by atoms with Crippen LogP contribution in [0.5, 0.6) is 5.75 Å². The number of ether oxygens (including phenoxy) is 1. The Morgan fingerprint density at radius 3 is 2.12 bits per heavy atom. The largest absolute Gasteiger partial charge is 0.491 e. The fourth-order valence-electron chi connectivity index (χ4n) is 2.88. The molecule has 0 N–H and O–H groups in total. The van der Waals surface area contributed by atoms with Crippen LogP contribution in [0.4, 0.5) is 8.78 Å². The third-order valence-corrected chi connectivity index (χ3v) is 4.35. The molecule has 0 aliphatic rings. The average Bonchev–Trinajstić information content (AvgIpc) is 2.61. The van der Waals surface area contributed by atoms with Gasteiger partial charge in [-0.15, -0.1) is 0 Å². The first kappa shape index (κ1) is 19.4. The van der Waals surface area contributed by atoms with Gasteiger partial charge in [0.05, 0.1) is 6.61 Å². The van der Waals surface area contributed by atoms with Crippen LogP contribution in [0.1, 0.15) is 58.3 Å². The Hall–Kier alpha value is -1.90. The van der Waals surface area contributed by atoms with Gasteiger partial charge in [0, 0.05) is 0 Å². The van der Waals surface area contributed by atoms with Crippen LogP contribution in [0.2, 0.25) is 0 Å². The fourth-order valence-corrected chi connectivity index (χ4v) is 2.88. The molecule has 0 amide bonds. The highest BCUT2D eigenvalue weighted by molar-refractivity contribution is 5.64. The molecule has 0 aromatic heterocycles. The maximum Gasteiger partial charge on any atom is 0.165 e. The van der Waals surface area contributed by atoms with Crippen molar-refractivity contribution >= 4 is 0 Å². The number of halogens is 2. The molecule has 2 aromatic carbocycles. The third-order valence-electron chi connectivity index (χ3n) is 4.35. The highest BCUT2D eigenvalue weighted by Crippen LogP contribution is 2.26. The Labute approximate surface area is 150 Å². The minimum Gasteiger partial charge on any atom is -0.491 e. The Morgan fingerprint density at radius 2 is 1.44 bits per heavy atom. The second-order valence-electron chi connectivity index (χ2n) is 6.48. The van der Waals surface area contributed by atoms with E-state index in [0.717, 1.165) is 12.8 Å². The number of unbranched alkanes of at least 4 members (excludes halogenated alkanes) is 7. The Balaban J connectivity index is 1.72. The van der Waals surface area contributed by atoms with Crippen molar-refractivity contribution in [2.24, 2.45) is 0 Å². The molecule has 2 aromatic rings. The SMILES string of the molecule is CCCCCCCCCCOc1ccc(-c2cccc(F)c2)cc1F. The zero-order chi connectivity index (χ0) is 17.9. The van der Waals surface area contributed by atoms with Crippen molar-refractivity contribution in [1.82, 2.24) is 0 Å². The van der Waals surface area contributed by atoms with E-state index in [2.05, 4.69) is 6.92 Å². The van der Waals surface area contributed by atoms with Crippen molar-refractivity contribution in [3.63, 3.8) is 0 Å². The molecule has 0 saturated heterocycles. The number of hydrogen-bond acceptors (Lipinski definition) is 1. The minimum absolute atomic E-state index is 0.267. The molecule has 0 radical (unpaired) electrons. The van der Waals surface area contributed by atoms with Gasteiger partial charge >= 0.3 is 0 Å². The molecule has 136 valence electrons. The fraction of sp³-hybridized carbons (Fsp3) is 0.455. The van der Waals surface area contributed by atoms with E-state index < -0.39 is 5.82 Å². The average molecular weight is 346 g/mol. The summed E-state index contributed by atoms with van der Waals surface area (Å²) < 4.78 is 33.0. The summed E-state index contributed by atoms with van der Waals surface area (Å²) >= 11 is 0. The zero-order valence-electron chi connectivity index (χ0n) is 15.1. The molecule has 25 heavy (non-hydrogen) atoms. The molecule has 0 aliphatic carbocycles. The number of rotatable bonds is 11. The van der Waals surface area contributed by atoms with E-state index in [1.165, 1.54) is 56.7 Å². The van der Waals surface area contributed by atoms with Gasteiger partial charge in [0.2, 0.25) is 0 Å². The van der Waals surface area contributed by atoms with Crippen LogP contribution in [-0.2, 0) is 0 Å². The van der Waals surface area contributed by atoms with Crippen molar-refractivity contribution in [3.8, 4) is 16.9 Å². The van der Waals surface area contributed by atoms with Crippen LogP contribution in [0.15, 0.2) is 42.5 Å². The Kier molecular flexibility index (Phi) is 8.44. The van der Waals surface area contributed by atoms with Crippen molar-refractivity contribution in [2.45, 2.75) is 58.3 Å². The topological polar surface area (TPSA) is 9.23 Å². The second-order valence-corrected chi connectivity index (χ2v) is 6.48. The molecule has 0 aliphatic heterocycles. The summed E-state index contributed by atoms with van der Waals surface area (Å²) in [5.74, 6) is -0.461. The lowest BCUT2D eigenvalue weighted by molar-refractivity contribution is 0.290. The van der Waals surface area contributed by atoms with Crippen LogP contribution in [-0.4, -0.2) is 6.61 Å². The lowest BCUT2D eigenvalue weighted by atomic mass is 10.1. The lowest BCUT2D eigenvalue weighted by Crippen LogP contribution is -1.99. The van der Waals surface area contributed by atoms with Gasteiger partial charge in [-0.05, 0) is 41.8 Å². The van der Waals surface area contributed by atoms with E-state index in [0.29, 0.717) is 17.7 Å². The zero-order valence-corrected chi connectivity index (χ0v) is 15.1. The quantitative estimate of drug-likeness (QED) is 0.392. The predicted octanol–water partition coefficient (Wildman–Crippen LogP) is 7.15. The molecule has 1 nitrogen and oxygen atoms in total. The summed E-state index contributed by atoms with van der Waals surface area (Å²) in [6.07, 6.45) is 9.80. The van der Waals surface area contributed by atoms with Gasteiger partial charge in [0.25, 0.3) is 0 Å². The standard InChI is InChI=1S/C22H28F2O/c1-2-3-4-5-6-7-8-9-15-25-22-14-13-19(17-21(22)24)18-11-10-12-20(23)16-18/h10-14,16-17H,2-9,15H2,1H3. The highest BCUT2D eigenvalue weighted by Gasteiger charge is 2.07. The summed E-state index contributed by atoms with van der Waals surface area (Å²) in [5, 5.41) is 0. The summed E-state index contributed by atoms with van der Waals surface area (Å²) in [5.41, 5.74) is 1.31. The van der Waals surface area contributed by atoms with Gasteiger partial charge in [0.1, 0.15) is 5.82 Å². The van der Waals surface area contributed by atoms with Gasteiger partial charge in [-0.2, -0.15) is 0 Å². The monoisotopic (exact) mass is 346 g/mol. The first-order valence-corrected chi connectivity index (χ1v) is 9.39. The van der Waals surface area contributed by atoms with Crippen LogP contribution < -0.4 is 4.74 Å². The molecule has 0 heterocycles. The van der Waals surface area contributed by atoms with Gasteiger partial charge in [-0.3, -0.25) is 0 Å². The first-order chi connectivity index (χ1) is 12.2. The van der Waals surface area contributed by atoms with Gasteiger partial charge in [-0.25, -0.2) is 8.78 Å². The van der Waals surface area contributed by atoms with Crippen LogP contribution in [0.25, 0.3) is 11.1 Å². The Morgan fingerprint density at radius 1 is 0.760 bits per heavy atom. The minimum atomic E-state index is -0.402. The van der Waals surface area contributed by atoms with Crippen molar-refractivity contribution < 1.29 is 13.5 Å². The molecule has 3 heteroatoms. The molecule has 0 saturated carbocycles. The van der Waals surface area contributed by atoms with E-state index in [1.54, 1.807) is 24.3 Å². The van der Waals surface area contributed by atoms with Gasteiger partial charge in [0.15, 0.2) is 11.6 Å². The molecule has 0 fully saturated rings. The van der Waals surface area contributed by atoms with Crippen LogP contribution in [0, 0.1) is 11.6 Å². The highest BCUT2D eigenvalue weighted by atomic mass is 19.1. The third kappa shape index (κ3) is 6.85. The summed E-state index contributed by atoms with van der Waals surface area (Å²) in [7, 11) is 0. The molecule has 0 bridgehead atoms. The lowest BCUT2D eigenvalue weighted by Gasteiger charge is -2.09. The molecular formula is C22H28F2O. The maximum absolute atomic E-state index is 14.2. The van der Waals surface area contributed by atoms with E-state index in [9.17, 15) is 8.78 Å². The van der Waals surface area contributed by atoms with Gasteiger partial charge < -0.3 is 4.74 Å². The molecule has 0 spiro atoms. The maximum atomic E-state index is 14.2. The van der Waals surface area contributed by atoms with Crippen molar-refractivity contribution in [3.05, 3.63) is 54.1 Å². The summed E-state index contributed by atoms with van der Waals surface area (Å²) in [6, 6.07) is 10.9.